The Hall–Kier alpha value is -2.04. The zero-order valence-corrected chi connectivity index (χ0v) is 10.0. The van der Waals surface area contributed by atoms with Crippen LogP contribution in [0, 0.1) is 0 Å². The predicted octanol–water partition coefficient (Wildman–Crippen LogP) is 1.12. The number of imidazole rings is 1. The Balaban J connectivity index is 2.09. The monoisotopic (exact) mass is 232 g/mol. The number of anilines is 1. The number of rotatable bonds is 4. The lowest BCUT2D eigenvalue weighted by atomic mass is 10.3. The van der Waals surface area contributed by atoms with E-state index in [1.807, 2.05) is 35.9 Å². The first-order valence-electron chi connectivity index (χ1n) is 5.58. The molecule has 0 saturated carbocycles. The van der Waals surface area contributed by atoms with Gasteiger partial charge in [-0.15, -0.1) is 0 Å². The summed E-state index contributed by atoms with van der Waals surface area (Å²) in [6.45, 7) is 0.580. The van der Waals surface area contributed by atoms with Crippen LogP contribution in [0.15, 0.2) is 24.3 Å². The lowest BCUT2D eigenvalue weighted by molar-refractivity contribution is -0.120. The second-order valence-corrected chi connectivity index (χ2v) is 3.83. The second kappa shape index (κ2) is 4.86. The summed E-state index contributed by atoms with van der Waals surface area (Å²) in [6, 6.07) is 7.94. The van der Waals surface area contributed by atoms with Gasteiger partial charge in [-0.05, 0) is 12.1 Å². The van der Waals surface area contributed by atoms with Crippen LogP contribution in [0.4, 0.5) is 5.95 Å². The summed E-state index contributed by atoms with van der Waals surface area (Å²) < 4.78 is 1.99. The molecule has 1 aromatic carbocycles. The minimum absolute atomic E-state index is 0.0243. The van der Waals surface area contributed by atoms with Crippen molar-refractivity contribution in [3.63, 3.8) is 0 Å². The molecule has 0 saturated heterocycles. The van der Waals surface area contributed by atoms with Gasteiger partial charge in [0.05, 0.1) is 11.0 Å². The highest BCUT2D eigenvalue weighted by molar-refractivity contribution is 5.79. The summed E-state index contributed by atoms with van der Waals surface area (Å²) >= 11 is 0. The van der Waals surface area contributed by atoms with E-state index in [9.17, 15) is 4.79 Å². The number of para-hydroxylation sites is 2. The van der Waals surface area contributed by atoms with E-state index in [-0.39, 0.29) is 5.91 Å². The fourth-order valence-electron chi connectivity index (χ4n) is 1.72. The normalized spacial score (nSPS) is 10.5. The van der Waals surface area contributed by atoms with Crippen molar-refractivity contribution >= 4 is 22.9 Å². The fraction of sp³-hybridized carbons (Fsp3) is 0.333. The van der Waals surface area contributed by atoms with Crippen molar-refractivity contribution in [1.82, 2.24) is 14.9 Å². The second-order valence-electron chi connectivity index (χ2n) is 3.83. The standard InChI is InChI=1S/C12H16N4O/c1-13-11(17)7-8-14-12-15-9-5-3-4-6-10(9)16(12)2/h3-6H,7-8H2,1-2H3,(H,13,17)(H,14,15). The number of aromatic nitrogens is 2. The van der Waals surface area contributed by atoms with Gasteiger partial charge in [0.25, 0.3) is 0 Å². The van der Waals surface area contributed by atoms with Gasteiger partial charge in [-0.25, -0.2) is 4.98 Å². The van der Waals surface area contributed by atoms with Crippen molar-refractivity contribution in [3.8, 4) is 0 Å². The van der Waals surface area contributed by atoms with Gasteiger partial charge in [0.15, 0.2) is 0 Å². The minimum Gasteiger partial charge on any atom is -0.359 e. The highest BCUT2D eigenvalue weighted by Gasteiger charge is 2.06. The van der Waals surface area contributed by atoms with E-state index < -0.39 is 0 Å². The van der Waals surface area contributed by atoms with Gasteiger partial charge in [-0.1, -0.05) is 12.1 Å². The summed E-state index contributed by atoms with van der Waals surface area (Å²) in [7, 11) is 3.59. The number of hydrogen-bond donors (Lipinski definition) is 2. The van der Waals surface area contributed by atoms with Crippen molar-refractivity contribution in [1.29, 1.82) is 0 Å². The van der Waals surface area contributed by atoms with Crippen molar-refractivity contribution < 1.29 is 4.79 Å². The number of aryl methyl sites for hydroxylation is 1. The van der Waals surface area contributed by atoms with E-state index >= 15 is 0 Å². The molecule has 1 aromatic heterocycles. The number of benzene rings is 1. The molecule has 0 atom stereocenters. The molecule has 1 amide bonds. The van der Waals surface area contributed by atoms with E-state index in [1.165, 1.54) is 0 Å². The quantitative estimate of drug-likeness (QED) is 0.830. The molecule has 0 unspecified atom stereocenters. The minimum atomic E-state index is 0.0243. The molecule has 0 bridgehead atoms. The van der Waals surface area contributed by atoms with Gasteiger partial charge in [0, 0.05) is 27.1 Å². The molecule has 5 heteroatoms. The molecule has 1 heterocycles. The van der Waals surface area contributed by atoms with Gasteiger partial charge in [0.2, 0.25) is 11.9 Å². The van der Waals surface area contributed by atoms with E-state index in [0.717, 1.165) is 17.0 Å². The third kappa shape index (κ3) is 2.38. The molecular weight excluding hydrogens is 216 g/mol. The Bertz CT molecular complexity index is 532. The molecule has 0 aliphatic rings. The fourth-order valence-corrected chi connectivity index (χ4v) is 1.72. The van der Waals surface area contributed by atoms with Gasteiger partial charge >= 0.3 is 0 Å². The highest BCUT2D eigenvalue weighted by atomic mass is 16.1. The van der Waals surface area contributed by atoms with Crippen molar-refractivity contribution in [3.05, 3.63) is 24.3 Å². The first-order valence-corrected chi connectivity index (χ1v) is 5.58. The van der Waals surface area contributed by atoms with E-state index in [4.69, 9.17) is 0 Å². The van der Waals surface area contributed by atoms with Crippen LogP contribution in [0.25, 0.3) is 11.0 Å². The topological polar surface area (TPSA) is 59.0 Å². The van der Waals surface area contributed by atoms with Gasteiger partial charge in [-0.2, -0.15) is 0 Å². The number of nitrogens with one attached hydrogen (secondary N) is 2. The summed E-state index contributed by atoms with van der Waals surface area (Å²) in [6.07, 6.45) is 0.444. The zero-order chi connectivity index (χ0) is 12.3. The molecule has 2 rings (SSSR count). The Morgan fingerprint density at radius 3 is 2.88 bits per heavy atom. The number of carbonyl (C=O) groups excluding carboxylic acids is 1. The molecule has 5 nitrogen and oxygen atoms in total. The largest absolute Gasteiger partial charge is 0.359 e. The molecule has 0 radical (unpaired) electrons. The SMILES string of the molecule is CNC(=O)CCNc1nc2ccccc2n1C. The predicted molar refractivity (Wildman–Crippen MR) is 67.9 cm³/mol. The molecule has 0 aliphatic carbocycles. The Morgan fingerprint density at radius 2 is 2.18 bits per heavy atom. The van der Waals surface area contributed by atoms with Crippen molar-refractivity contribution in [2.24, 2.45) is 7.05 Å². The van der Waals surface area contributed by atoms with Crippen LogP contribution in [-0.4, -0.2) is 29.1 Å². The van der Waals surface area contributed by atoms with Crippen LogP contribution >= 0.6 is 0 Å². The number of nitrogens with zero attached hydrogens (tertiary/aromatic N) is 2. The average Bonchev–Trinajstić information content (AvgIpc) is 2.67. The third-order valence-corrected chi connectivity index (χ3v) is 2.70. The smallest absolute Gasteiger partial charge is 0.221 e. The Morgan fingerprint density at radius 1 is 1.41 bits per heavy atom. The van der Waals surface area contributed by atoms with Gasteiger partial charge in [-0.3, -0.25) is 4.79 Å². The molecule has 2 N–H and O–H groups in total. The zero-order valence-electron chi connectivity index (χ0n) is 10.0. The number of carbonyl (C=O) groups is 1. The number of fused-ring (bicyclic) bond motifs is 1. The lowest BCUT2D eigenvalue weighted by Gasteiger charge is -2.05. The lowest BCUT2D eigenvalue weighted by Crippen LogP contribution is -2.21. The van der Waals surface area contributed by atoms with Crippen LogP contribution in [0.3, 0.4) is 0 Å². The average molecular weight is 232 g/mol. The summed E-state index contributed by atoms with van der Waals surface area (Å²) in [5.74, 6) is 0.811. The first-order chi connectivity index (χ1) is 8.22. The summed E-state index contributed by atoms with van der Waals surface area (Å²) in [4.78, 5) is 15.5. The van der Waals surface area contributed by atoms with Gasteiger partial charge in [0.1, 0.15) is 0 Å². The molecule has 90 valence electrons. The molecule has 2 aromatic rings. The Kier molecular flexibility index (Phi) is 3.27. The maximum absolute atomic E-state index is 11.1. The van der Waals surface area contributed by atoms with Crippen LogP contribution in [0.1, 0.15) is 6.42 Å². The van der Waals surface area contributed by atoms with Crippen molar-refractivity contribution in [2.45, 2.75) is 6.42 Å². The number of amides is 1. The maximum atomic E-state index is 11.1. The number of hydrogen-bond acceptors (Lipinski definition) is 3. The maximum Gasteiger partial charge on any atom is 0.221 e. The van der Waals surface area contributed by atoms with Crippen LogP contribution in [-0.2, 0) is 11.8 Å². The molecule has 0 fully saturated rings. The molecule has 17 heavy (non-hydrogen) atoms. The van der Waals surface area contributed by atoms with Gasteiger partial charge < -0.3 is 15.2 Å². The summed E-state index contributed by atoms with van der Waals surface area (Å²) in [5, 5.41) is 5.74. The van der Waals surface area contributed by atoms with E-state index in [2.05, 4.69) is 15.6 Å². The molecule has 0 aliphatic heterocycles. The third-order valence-electron chi connectivity index (χ3n) is 2.70. The summed E-state index contributed by atoms with van der Waals surface area (Å²) in [5.41, 5.74) is 2.03. The molecular formula is C12H16N4O. The molecule has 0 spiro atoms. The highest BCUT2D eigenvalue weighted by Crippen LogP contribution is 2.17. The van der Waals surface area contributed by atoms with E-state index in [1.54, 1.807) is 7.05 Å². The van der Waals surface area contributed by atoms with E-state index in [0.29, 0.717) is 13.0 Å². The van der Waals surface area contributed by atoms with Crippen LogP contribution < -0.4 is 10.6 Å². The van der Waals surface area contributed by atoms with Crippen LogP contribution in [0.5, 0.6) is 0 Å². The van der Waals surface area contributed by atoms with Crippen molar-refractivity contribution in [2.75, 3.05) is 18.9 Å². The first kappa shape index (κ1) is 11.4. The Labute approximate surface area is 99.8 Å². The van der Waals surface area contributed by atoms with Crippen LogP contribution in [0.2, 0.25) is 0 Å².